The van der Waals surface area contributed by atoms with Crippen LogP contribution in [-0.2, 0) is 51.2 Å². The molecular formula is C51H62N8O9. The Morgan fingerprint density at radius 3 is 1.51 bits per heavy atom. The first kappa shape index (κ1) is 51.7. The number of carbonyl (C=O) groups excluding carboxylic acids is 9. The van der Waals surface area contributed by atoms with Crippen molar-refractivity contribution in [3.8, 4) is 0 Å². The first-order chi connectivity index (χ1) is 31.7. The molecule has 17 heteroatoms. The van der Waals surface area contributed by atoms with Crippen LogP contribution in [0.3, 0.4) is 0 Å². The minimum absolute atomic E-state index is 0.118. The van der Waals surface area contributed by atoms with Gasteiger partial charge in [0.1, 0.15) is 34.7 Å². The van der Waals surface area contributed by atoms with Crippen LogP contribution in [0, 0.1) is 0 Å². The summed E-state index contributed by atoms with van der Waals surface area (Å²) in [5.74, 6) is -5.75. The first-order valence-electron chi connectivity index (χ1n) is 22.3. The zero-order chi connectivity index (χ0) is 50.4. The Kier molecular flexibility index (Phi) is 15.4. The summed E-state index contributed by atoms with van der Waals surface area (Å²) in [4.78, 5) is 124. The maximum absolute atomic E-state index is 14.2. The molecular weight excluding hydrogens is 869 g/mol. The Morgan fingerprint density at radius 2 is 0.956 bits per heavy atom. The van der Waals surface area contributed by atoms with Crippen molar-refractivity contribution < 1.29 is 43.2 Å². The van der Waals surface area contributed by atoms with E-state index in [4.69, 9.17) is 0 Å². The number of ketones is 1. The molecule has 0 bridgehead atoms. The Balaban J connectivity index is 1.48. The molecule has 0 saturated carbocycles. The van der Waals surface area contributed by atoms with Crippen molar-refractivity contribution in [3.05, 3.63) is 119 Å². The molecule has 1 aliphatic rings. The highest BCUT2D eigenvalue weighted by atomic mass is 16.2. The van der Waals surface area contributed by atoms with E-state index in [-0.39, 0.29) is 18.6 Å². The topological polar surface area (TPSA) is 250 Å². The summed E-state index contributed by atoms with van der Waals surface area (Å²) in [5, 5.41) is 23.4. The third-order valence-corrected chi connectivity index (χ3v) is 11.7. The van der Waals surface area contributed by atoms with Crippen LogP contribution < -0.4 is 42.5 Å². The summed E-state index contributed by atoms with van der Waals surface area (Å²) in [6.07, 6.45) is 0.174. The quantitative estimate of drug-likeness (QED) is 0.0994. The highest BCUT2D eigenvalue weighted by Crippen LogP contribution is 2.22. The van der Waals surface area contributed by atoms with Crippen molar-refractivity contribution in [2.24, 2.45) is 0 Å². The summed E-state index contributed by atoms with van der Waals surface area (Å²) in [6, 6.07) is 24.3. The van der Waals surface area contributed by atoms with Crippen LogP contribution in [0.15, 0.2) is 97.1 Å². The minimum atomic E-state index is -1.98. The standard InChI is InChI=1S/C51H62N8O9/c1-30-41(63)56-49(7,8)46(68)58-51(29-60,28-33-22-23-34-16-14-15-19-37(34)26-33)59-50(9,10)45(67)53-31(2)40(62)55-48(5,6)44(66)54-38(42(64)57-47(3,4)43(65)52-30)27-32-20-24-36(25-21-32)39(61)35-17-12-11-13-18-35/h11-26,29-31,38,59H,27-28H2,1-10H3,(H,52,65)(H,53,67)(H,54,66)(H,55,62)(H,56,63)(H,57,64)(H,58,68). The van der Waals surface area contributed by atoms with Gasteiger partial charge in [0.25, 0.3) is 0 Å². The van der Waals surface area contributed by atoms with Gasteiger partial charge in [-0.2, -0.15) is 0 Å². The van der Waals surface area contributed by atoms with Gasteiger partial charge < -0.3 is 37.2 Å². The van der Waals surface area contributed by atoms with E-state index in [1.165, 1.54) is 69.2 Å². The van der Waals surface area contributed by atoms with Crippen molar-refractivity contribution >= 4 is 64.2 Å². The molecule has 0 aliphatic carbocycles. The number of hydrogen-bond acceptors (Lipinski definition) is 10. The SMILES string of the molecule is CC1NC(=O)C(C)(C)NC(=O)C(Cc2ccc(C(=O)c3ccccc3)cc2)NC(=O)C(C)(C)NC(=O)C(C)NC(=O)C(C)(C)NC(C=O)(Cc2ccc3ccccc3c2)NC(=O)C(C)(C)NC1=O. The molecule has 5 rings (SSSR count). The van der Waals surface area contributed by atoms with Gasteiger partial charge in [-0.1, -0.05) is 97.1 Å². The molecule has 68 heavy (non-hydrogen) atoms. The van der Waals surface area contributed by atoms with Crippen LogP contribution in [0.1, 0.15) is 96.3 Å². The van der Waals surface area contributed by atoms with Gasteiger partial charge in [-0.15, -0.1) is 0 Å². The predicted octanol–water partition coefficient (Wildman–Crippen LogP) is 2.43. The molecule has 4 atom stereocenters. The number of fused-ring (bicyclic) bond motifs is 1. The van der Waals surface area contributed by atoms with Crippen LogP contribution in [0.5, 0.6) is 0 Å². The minimum Gasteiger partial charge on any atom is -0.343 e. The first-order valence-corrected chi connectivity index (χ1v) is 22.3. The van der Waals surface area contributed by atoms with E-state index in [9.17, 15) is 43.2 Å². The second kappa shape index (κ2) is 20.3. The fraction of sp³-hybridized carbons (Fsp3) is 0.392. The van der Waals surface area contributed by atoms with Crippen LogP contribution in [-0.4, -0.2) is 99.4 Å². The van der Waals surface area contributed by atoms with Gasteiger partial charge in [-0.3, -0.25) is 48.5 Å². The van der Waals surface area contributed by atoms with E-state index in [0.29, 0.717) is 28.5 Å². The van der Waals surface area contributed by atoms with Gasteiger partial charge in [0.2, 0.25) is 41.4 Å². The molecule has 1 aliphatic heterocycles. The van der Waals surface area contributed by atoms with E-state index < -0.39 is 87.3 Å². The average Bonchev–Trinajstić information content (AvgIpc) is 3.27. The van der Waals surface area contributed by atoms with Crippen LogP contribution in [0.2, 0.25) is 0 Å². The molecule has 360 valence electrons. The normalized spacial score (nSPS) is 23.9. The number of benzene rings is 4. The van der Waals surface area contributed by atoms with E-state index in [2.05, 4.69) is 42.5 Å². The molecule has 1 heterocycles. The van der Waals surface area contributed by atoms with Crippen molar-refractivity contribution in [2.45, 2.75) is 128 Å². The van der Waals surface area contributed by atoms with E-state index in [0.717, 1.165) is 10.8 Å². The largest absolute Gasteiger partial charge is 0.343 e. The summed E-state index contributed by atoms with van der Waals surface area (Å²) < 4.78 is 0. The third kappa shape index (κ3) is 12.6. The highest BCUT2D eigenvalue weighted by Gasteiger charge is 2.45. The van der Waals surface area contributed by atoms with E-state index in [1.807, 2.05) is 36.4 Å². The molecule has 0 radical (unpaired) electrons. The number of aldehydes is 1. The van der Waals surface area contributed by atoms with Crippen molar-refractivity contribution in [3.63, 3.8) is 0 Å². The van der Waals surface area contributed by atoms with Crippen molar-refractivity contribution in [2.75, 3.05) is 0 Å². The second-order valence-electron chi connectivity index (χ2n) is 19.5. The molecule has 1 saturated heterocycles. The number of amides is 7. The molecule has 4 aromatic carbocycles. The Hall–Kier alpha value is -7.27. The zero-order valence-corrected chi connectivity index (χ0v) is 40.1. The van der Waals surface area contributed by atoms with Crippen molar-refractivity contribution in [1.82, 2.24) is 42.5 Å². The number of nitrogens with one attached hydrogen (secondary N) is 8. The number of hydrogen-bond donors (Lipinski definition) is 8. The maximum atomic E-state index is 14.2. The predicted molar refractivity (Wildman–Crippen MR) is 256 cm³/mol. The summed E-state index contributed by atoms with van der Waals surface area (Å²) in [5.41, 5.74) is -6.74. The molecule has 17 nitrogen and oxygen atoms in total. The molecule has 0 spiro atoms. The lowest BCUT2D eigenvalue weighted by Crippen LogP contribution is -2.73. The highest BCUT2D eigenvalue weighted by molar-refractivity contribution is 6.09. The lowest BCUT2D eigenvalue weighted by atomic mass is 9.92. The third-order valence-electron chi connectivity index (χ3n) is 11.7. The van der Waals surface area contributed by atoms with Gasteiger partial charge in [0, 0.05) is 24.0 Å². The second-order valence-corrected chi connectivity index (χ2v) is 19.5. The Bertz CT molecular complexity index is 2610. The van der Waals surface area contributed by atoms with Crippen molar-refractivity contribution in [1.29, 1.82) is 0 Å². The number of rotatable bonds is 7. The molecule has 7 amide bonds. The lowest BCUT2D eigenvalue weighted by Gasteiger charge is -2.40. The van der Waals surface area contributed by atoms with Crippen LogP contribution in [0.25, 0.3) is 10.8 Å². The van der Waals surface area contributed by atoms with E-state index in [1.54, 1.807) is 60.7 Å². The van der Waals surface area contributed by atoms with Gasteiger partial charge in [0.05, 0.1) is 5.54 Å². The molecule has 8 N–H and O–H groups in total. The van der Waals surface area contributed by atoms with Crippen LogP contribution in [0.4, 0.5) is 0 Å². The summed E-state index contributed by atoms with van der Waals surface area (Å²) in [7, 11) is 0. The molecule has 4 aromatic rings. The van der Waals surface area contributed by atoms with Gasteiger partial charge in [-0.25, -0.2) is 0 Å². The Labute approximate surface area is 396 Å². The van der Waals surface area contributed by atoms with Gasteiger partial charge in [0.15, 0.2) is 17.7 Å². The number of carbonyl (C=O) groups is 9. The lowest BCUT2D eigenvalue weighted by molar-refractivity contribution is -0.139. The smallest absolute Gasteiger partial charge is 0.246 e. The zero-order valence-electron chi connectivity index (χ0n) is 40.1. The molecule has 1 fully saturated rings. The molecule has 4 unspecified atom stereocenters. The average molecular weight is 931 g/mol. The fourth-order valence-electron chi connectivity index (χ4n) is 7.48. The van der Waals surface area contributed by atoms with E-state index >= 15 is 0 Å². The fourth-order valence-corrected chi connectivity index (χ4v) is 7.48. The van der Waals surface area contributed by atoms with Gasteiger partial charge in [-0.05, 0) is 91.1 Å². The Morgan fingerprint density at radius 1 is 0.500 bits per heavy atom. The monoisotopic (exact) mass is 930 g/mol. The summed E-state index contributed by atoms with van der Waals surface area (Å²) in [6.45, 7) is 14.1. The van der Waals surface area contributed by atoms with Gasteiger partial charge >= 0.3 is 0 Å². The summed E-state index contributed by atoms with van der Waals surface area (Å²) >= 11 is 0. The molecule has 0 aromatic heterocycles. The van der Waals surface area contributed by atoms with Crippen LogP contribution >= 0.6 is 0 Å². The maximum Gasteiger partial charge on any atom is 0.246 e.